The van der Waals surface area contributed by atoms with Crippen LogP contribution in [-0.4, -0.2) is 49.8 Å². The van der Waals surface area contributed by atoms with Crippen LogP contribution < -0.4 is 10.6 Å². The lowest BCUT2D eigenvalue weighted by atomic mass is 10.1. The van der Waals surface area contributed by atoms with Crippen molar-refractivity contribution < 1.29 is 23.9 Å². The van der Waals surface area contributed by atoms with Crippen LogP contribution in [0.5, 0.6) is 0 Å². The topological polar surface area (TPSA) is 142 Å². The average Bonchev–Trinajstić information content (AvgIpc) is 2.48. The number of alkyl carbamates (subject to hydrolysis) is 1. The summed E-state index contributed by atoms with van der Waals surface area (Å²) in [5.41, 5.74) is 7.42. The first kappa shape index (κ1) is 21.5. The highest BCUT2D eigenvalue weighted by Gasteiger charge is 2.25. The molecular weight excluding hydrogens is 318 g/mol. The summed E-state index contributed by atoms with van der Waals surface area (Å²) >= 11 is 0. The summed E-state index contributed by atoms with van der Waals surface area (Å²) in [6.07, 6.45) is -0.134. The standard InChI is InChI=1S/C14H25N5O5/c1-14(2,3)24-13(22)18-10(12(21)23-4)6-7-11(20)16-8-5-9-17-19-15/h10H,5-9H2,1-4H3,(H,16,20)(H,18,22)/t10-/m0/s1. The molecule has 0 aliphatic carbocycles. The maximum Gasteiger partial charge on any atom is 0.408 e. The molecule has 0 bridgehead atoms. The molecule has 0 saturated heterocycles. The van der Waals surface area contributed by atoms with Gasteiger partial charge in [0, 0.05) is 24.4 Å². The number of esters is 1. The Bertz CT molecular complexity index is 482. The molecule has 0 spiro atoms. The Kier molecular flexibility index (Phi) is 9.97. The Morgan fingerprint density at radius 1 is 1.29 bits per heavy atom. The second-order valence-corrected chi connectivity index (χ2v) is 5.92. The van der Waals surface area contributed by atoms with E-state index in [9.17, 15) is 14.4 Å². The lowest BCUT2D eigenvalue weighted by Crippen LogP contribution is -2.44. The van der Waals surface area contributed by atoms with Gasteiger partial charge >= 0.3 is 12.1 Å². The third-order valence-corrected chi connectivity index (χ3v) is 2.66. The van der Waals surface area contributed by atoms with Crippen molar-refractivity contribution in [2.75, 3.05) is 20.2 Å². The van der Waals surface area contributed by atoms with Crippen LogP contribution in [0.1, 0.15) is 40.0 Å². The summed E-state index contributed by atoms with van der Waals surface area (Å²) in [6, 6.07) is -0.973. The van der Waals surface area contributed by atoms with Gasteiger partial charge in [0.2, 0.25) is 5.91 Å². The van der Waals surface area contributed by atoms with Gasteiger partial charge in [-0.25, -0.2) is 9.59 Å². The van der Waals surface area contributed by atoms with Gasteiger partial charge in [-0.05, 0) is 39.1 Å². The highest BCUT2D eigenvalue weighted by atomic mass is 16.6. The molecule has 24 heavy (non-hydrogen) atoms. The second kappa shape index (κ2) is 11.1. The van der Waals surface area contributed by atoms with Crippen molar-refractivity contribution in [1.29, 1.82) is 0 Å². The molecule has 0 aliphatic heterocycles. The number of carbonyl (C=O) groups is 3. The Morgan fingerprint density at radius 2 is 1.96 bits per heavy atom. The molecule has 10 nitrogen and oxygen atoms in total. The molecular formula is C14H25N5O5. The zero-order valence-electron chi connectivity index (χ0n) is 14.5. The molecule has 0 heterocycles. The predicted molar refractivity (Wildman–Crippen MR) is 86.0 cm³/mol. The SMILES string of the molecule is COC(=O)[C@H](CCC(=O)NCCCN=[N+]=[N-])NC(=O)OC(C)(C)C. The van der Waals surface area contributed by atoms with Crippen molar-refractivity contribution in [3.63, 3.8) is 0 Å². The number of rotatable bonds is 9. The summed E-state index contributed by atoms with van der Waals surface area (Å²) in [7, 11) is 1.20. The minimum absolute atomic E-state index is 0.0249. The molecule has 1 atom stereocenters. The first-order valence-corrected chi connectivity index (χ1v) is 7.54. The Balaban J connectivity index is 4.33. The molecule has 10 heteroatoms. The van der Waals surface area contributed by atoms with Crippen molar-refractivity contribution in [3.8, 4) is 0 Å². The fourth-order valence-electron chi connectivity index (χ4n) is 1.63. The fraction of sp³-hybridized carbons (Fsp3) is 0.786. The van der Waals surface area contributed by atoms with Crippen LogP contribution in [0.15, 0.2) is 5.11 Å². The quantitative estimate of drug-likeness (QED) is 0.215. The fourth-order valence-corrected chi connectivity index (χ4v) is 1.63. The maximum absolute atomic E-state index is 11.7. The van der Waals surface area contributed by atoms with E-state index >= 15 is 0 Å². The normalized spacial score (nSPS) is 11.7. The van der Waals surface area contributed by atoms with Gasteiger partial charge in [-0.3, -0.25) is 4.79 Å². The van der Waals surface area contributed by atoms with E-state index in [4.69, 9.17) is 10.3 Å². The van der Waals surface area contributed by atoms with Crippen molar-refractivity contribution >= 4 is 18.0 Å². The first-order valence-electron chi connectivity index (χ1n) is 7.54. The Hall–Kier alpha value is -2.48. The van der Waals surface area contributed by atoms with E-state index in [-0.39, 0.29) is 18.7 Å². The molecule has 0 unspecified atom stereocenters. The van der Waals surface area contributed by atoms with Gasteiger partial charge in [0.15, 0.2) is 0 Å². The van der Waals surface area contributed by atoms with Crippen LogP contribution >= 0.6 is 0 Å². The molecule has 2 amide bonds. The Labute approximate surface area is 140 Å². The number of hydrogen-bond acceptors (Lipinski definition) is 6. The zero-order valence-corrected chi connectivity index (χ0v) is 14.5. The average molecular weight is 343 g/mol. The number of nitrogens with one attached hydrogen (secondary N) is 2. The molecule has 0 rings (SSSR count). The summed E-state index contributed by atoms with van der Waals surface area (Å²) in [4.78, 5) is 37.7. The van der Waals surface area contributed by atoms with Gasteiger partial charge in [0.25, 0.3) is 0 Å². The number of azide groups is 1. The number of nitrogens with zero attached hydrogens (tertiary/aromatic N) is 3. The van der Waals surface area contributed by atoms with Crippen molar-refractivity contribution in [3.05, 3.63) is 10.4 Å². The van der Waals surface area contributed by atoms with Crippen LogP contribution in [0, 0.1) is 0 Å². The van der Waals surface area contributed by atoms with E-state index in [2.05, 4.69) is 25.4 Å². The van der Waals surface area contributed by atoms with Crippen molar-refractivity contribution in [1.82, 2.24) is 10.6 Å². The van der Waals surface area contributed by atoms with Crippen molar-refractivity contribution in [2.45, 2.75) is 51.7 Å². The predicted octanol–water partition coefficient (Wildman–Crippen LogP) is 1.65. The second-order valence-electron chi connectivity index (χ2n) is 5.92. The third-order valence-electron chi connectivity index (χ3n) is 2.66. The summed E-state index contributed by atoms with van der Waals surface area (Å²) in [5, 5.41) is 8.37. The van der Waals surface area contributed by atoms with Gasteiger partial charge in [-0.1, -0.05) is 5.11 Å². The summed E-state index contributed by atoms with van der Waals surface area (Å²) < 4.78 is 9.69. The summed E-state index contributed by atoms with van der Waals surface area (Å²) in [5.74, 6) is -0.937. The van der Waals surface area contributed by atoms with E-state index in [0.29, 0.717) is 19.5 Å². The first-order chi connectivity index (χ1) is 11.2. The maximum atomic E-state index is 11.7. The van der Waals surface area contributed by atoms with Crippen LogP contribution in [0.3, 0.4) is 0 Å². The number of carbonyl (C=O) groups excluding carboxylic acids is 3. The lowest BCUT2D eigenvalue weighted by Gasteiger charge is -2.22. The van der Waals surface area contributed by atoms with Crippen LogP contribution in [0.4, 0.5) is 4.79 Å². The molecule has 0 aromatic heterocycles. The van der Waals surface area contributed by atoms with E-state index in [0.717, 1.165) is 0 Å². The molecule has 2 N–H and O–H groups in total. The number of amides is 2. The van der Waals surface area contributed by atoms with Crippen LogP contribution in [0.2, 0.25) is 0 Å². The molecule has 0 aromatic rings. The van der Waals surface area contributed by atoms with Gasteiger partial charge < -0.3 is 20.1 Å². The molecule has 0 aliphatic rings. The zero-order chi connectivity index (χ0) is 18.6. The van der Waals surface area contributed by atoms with E-state index in [1.807, 2.05) is 0 Å². The van der Waals surface area contributed by atoms with Gasteiger partial charge in [-0.2, -0.15) is 0 Å². The van der Waals surface area contributed by atoms with E-state index in [1.54, 1.807) is 20.8 Å². The molecule has 0 aromatic carbocycles. The van der Waals surface area contributed by atoms with E-state index < -0.39 is 23.7 Å². The van der Waals surface area contributed by atoms with Crippen molar-refractivity contribution in [2.24, 2.45) is 5.11 Å². The Morgan fingerprint density at radius 3 is 2.50 bits per heavy atom. The summed E-state index contributed by atoms with van der Waals surface area (Å²) in [6.45, 7) is 5.75. The van der Waals surface area contributed by atoms with Crippen LogP contribution in [0.25, 0.3) is 10.4 Å². The molecule has 136 valence electrons. The minimum atomic E-state index is -0.973. The monoisotopic (exact) mass is 343 g/mol. The minimum Gasteiger partial charge on any atom is -0.467 e. The molecule has 0 saturated carbocycles. The number of hydrogen-bond donors (Lipinski definition) is 2. The van der Waals surface area contributed by atoms with Gasteiger partial charge in [0.1, 0.15) is 11.6 Å². The highest BCUT2D eigenvalue weighted by Crippen LogP contribution is 2.08. The van der Waals surface area contributed by atoms with Crippen LogP contribution in [-0.2, 0) is 19.1 Å². The largest absolute Gasteiger partial charge is 0.467 e. The smallest absolute Gasteiger partial charge is 0.408 e. The third kappa shape index (κ3) is 11.1. The highest BCUT2D eigenvalue weighted by molar-refractivity contribution is 5.82. The number of ether oxygens (including phenoxy) is 2. The number of methoxy groups -OCH3 is 1. The molecule has 0 radical (unpaired) electrons. The van der Waals surface area contributed by atoms with Gasteiger partial charge in [-0.15, -0.1) is 0 Å². The molecule has 0 fully saturated rings. The lowest BCUT2D eigenvalue weighted by molar-refractivity contribution is -0.143. The van der Waals surface area contributed by atoms with Gasteiger partial charge in [0.05, 0.1) is 7.11 Å². The van der Waals surface area contributed by atoms with E-state index in [1.165, 1.54) is 7.11 Å².